The van der Waals surface area contributed by atoms with Gasteiger partial charge < -0.3 is 41.7 Å². The number of benzene rings is 4. The summed E-state index contributed by atoms with van der Waals surface area (Å²) in [5, 5.41) is 10.8. The van der Waals surface area contributed by atoms with Crippen molar-refractivity contribution in [3.8, 4) is 22.9 Å². The van der Waals surface area contributed by atoms with Crippen LogP contribution in [-0.2, 0) is 33.6 Å². The molecule has 0 fully saturated rings. The molecule has 8 rings (SSSR count). The number of aliphatic hydroxyl groups excluding tert-OH is 1. The van der Waals surface area contributed by atoms with Crippen LogP contribution in [-0.4, -0.2) is 83.7 Å². The molecule has 0 aliphatic rings. The van der Waals surface area contributed by atoms with Crippen LogP contribution in [0.5, 0.6) is 11.5 Å². The molecule has 0 spiro atoms. The van der Waals surface area contributed by atoms with Gasteiger partial charge in [0, 0.05) is 30.4 Å². The SMILES string of the molecule is CC(C)(C)[Si](C)(C)OCC(c1cc(C(F)(F)F)cc(C(F)(F)F)c1)n1cc(Cl)cc(Br)c1=O.COc1cc(C(O)c2cc(Cl)cn(C(CO[Si](C)(C)C(C)(C)C)c3cc(C(F)(F)F)cc(C(F)(F)F)c3)c2=O)ccc1-n1cnc(C)c1.COc1cc(C=O)ccc1-n1cnc(C)c1. The van der Waals surface area contributed by atoms with Crippen molar-refractivity contribution in [2.24, 2.45) is 0 Å². The number of alkyl halides is 12. The lowest BCUT2D eigenvalue weighted by Gasteiger charge is -2.37. The Hall–Kier alpha value is -7.00. The Kier molecular flexibility index (Phi) is 24.6. The van der Waals surface area contributed by atoms with Gasteiger partial charge in [0.25, 0.3) is 11.1 Å². The minimum atomic E-state index is -5.12. The van der Waals surface area contributed by atoms with E-state index in [-0.39, 0.29) is 60.0 Å². The molecule has 0 aliphatic carbocycles. The first-order valence-corrected chi connectivity index (χ1v) is 36.7. The number of carbonyl (C=O) groups excluding carboxylic acids is 1. The van der Waals surface area contributed by atoms with E-state index in [1.807, 2.05) is 91.5 Å². The molecule has 3 unspecified atom stereocenters. The number of nitrogens with zero attached hydrogens (tertiary/aromatic N) is 6. The Bertz CT molecular complexity index is 4170. The monoisotopic (exact) mass is 1510 g/mol. The molecule has 1 N–H and O–H groups in total. The summed E-state index contributed by atoms with van der Waals surface area (Å²) in [5.41, 5.74) is -4.76. The minimum Gasteiger partial charge on any atom is -0.495 e. The molecule has 0 aliphatic heterocycles. The number of rotatable bonds is 17. The molecule has 3 atom stereocenters. The first-order valence-electron chi connectivity index (χ1n) is 29.4. The van der Waals surface area contributed by atoms with E-state index in [2.05, 4.69) is 25.9 Å². The van der Waals surface area contributed by atoms with E-state index in [0.29, 0.717) is 47.0 Å². The van der Waals surface area contributed by atoms with Crippen molar-refractivity contribution in [2.75, 3.05) is 27.4 Å². The molecule has 0 radical (unpaired) electrons. The van der Waals surface area contributed by atoms with Crippen molar-refractivity contribution in [1.82, 2.24) is 28.2 Å². The van der Waals surface area contributed by atoms with Crippen molar-refractivity contribution in [2.45, 2.75) is 135 Å². The quantitative estimate of drug-likeness (QED) is 0.0529. The van der Waals surface area contributed by atoms with Gasteiger partial charge in [-0.25, -0.2) is 9.97 Å². The van der Waals surface area contributed by atoms with Crippen molar-refractivity contribution in [3.05, 3.63) is 219 Å². The second-order valence-corrected chi connectivity index (χ2v) is 37.0. The summed E-state index contributed by atoms with van der Waals surface area (Å²) >= 11 is 15.5. The topological polar surface area (TPSA) is 154 Å². The van der Waals surface area contributed by atoms with Crippen LogP contribution in [0, 0.1) is 13.8 Å². The van der Waals surface area contributed by atoms with Gasteiger partial charge in [-0.1, -0.05) is 70.8 Å². The number of aromatic nitrogens is 6. The summed E-state index contributed by atoms with van der Waals surface area (Å²) in [7, 11) is -2.14. The third-order valence-corrected chi connectivity index (χ3v) is 26.6. The second kappa shape index (κ2) is 30.2. The lowest BCUT2D eigenvalue weighted by atomic mass is 9.98. The van der Waals surface area contributed by atoms with Gasteiger partial charge in [0.05, 0.1) is 117 Å². The van der Waals surface area contributed by atoms with Gasteiger partial charge >= 0.3 is 24.7 Å². The first kappa shape index (κ1) is 79.0. The molecular weight excluding hydrogens is 1440 g/mol. The highest BCUT2D eigenvalue weighted by Gasteiger charge is 2.43. The smallest absolute Gasteiger partial charge is 0.416 e. The maximum atomic E-state index is 14.1. The zero-order valence-corrected chi connectivity index (χ0v) is 60.0. The average molecular weight is 1510 g/mol. The van der Waals surface area contributed by atoms with Crippen LogP contribution in [0.1, 0.15) is 126 Å². The van der Waals surface area contributed by atoms with E-state index >= 15 is 0 Å². The maximum Gasteiger partial charge on any atom is 0.416 e. The molecule has 4 heterocycles. The van der Waals surface area contributed by atoms with Crippen molar-refractivity contribution >= 4 is 62.1 Å². The van der Waals surface area contributed by atoms with Crippen LogP contribution in [0.25, 0.3) is 11.4 Å². The van der Waals surface area contributed by atoms with Crippen LogP contribution in [0.15, 0.2) is 136 Å². The number of aryl methyl sites for hydroxylation is 2. The summed E-state index contributed by atoms with van der Waals surface area (Å²) in [4.78, 5) is 45.9. The summed E-state index contributed by atoms with van der Waals surface area (Å²) < 4.78 is 193. The average Bonchev–Trinajstić information content (AvgIpc) is 1.28. The van der Waals surface area contributed by atoms with E-state index in [1.165, 1.54) is 31.5 Å². The Labute approximate surface area is 572 Å². The number of methoxy groups -OCH3 is 2. The van der Waals surface area contributed by atoms with E-state index in [4.69, 9.17) is 41.5 Å². The first-order chi connectivity index (χ1) is 44.5. The number of aldehydes is 1. The van der Waals surface area contributed by atoms with Crippen LogP contribution in [0.2, 0.25) is 46.3 Å². The lowest BCUT2D eigenvalue weighted by molar-refractivity contribution is -0.144. The fourth-order valence-corrected chi connectivity index (χ4v) is 12.2. The number of ether oxygens (including phenoxy) is 2. The number of hydrogen-bond donors (Lipinski definition) is 1. The van der Waals surface area contributed by atoms with Gasteiger partial charge in [-0.3, -0.25) is 14.4 Å². The number of hydrogen-bond acceptors (Lipinski definition) is 10. The third kappa shape index (κ3) is 19.7. The normalized spacial score (nSPS) is 13.6. The van der Waals surface area contributed by atoms with Gasteiger partial charge in [-0.2, -0.15) is 52.7 Å². The summed E-state index contributed by atoms with van der Waals surface area (Å²) in [6.45, 7) is 22.0. The van der Waals surface area contributed by atoms with E-state index in [0.717, 1.165) is 38.7 Å². The van der Waals surface area contributed by atoms with Crippen LogP contribution in [0.3, 0.4) is 0 Å². The standard InChI is InChI=1S/C33H36ClF6N3O4Si.C21H23BrClF6NO2Si.C12H12N2O2/c1-19-15-42(18-41-19)26-9-8-20(12-28(26)46-5)29(44)25-14-24(34)16-43(30(25)45)27(17-47-48(6,7)31(2,3)4)21-10-22(32(35,36)37)13-23(11-21)33(38,39)40;1-19(2,3)33(4,5)32-11-17(30-10-15(23)9-16(22)18(30)31)12-6-13(20(24,25)26)8-14(7-12)21(27,28)29;1-9-6-14(8-13-9)11-4-3-10(7-15)5-12(11)16-2/h8-16,18,27,29,44H,17H2,1-7H3;6-10,17H,11H2,1-5H3;3-8H,1-2H3. The predicted octanol–water partition coefficient (Wildman–Crippen LogP) is 18.6. The second-order valence-electron chi connectivity index (χ2n) is 25.6. The van der Waals surface area contributed by atoms with Crippen LogP contribution >= 0.6 is 39.1 Å². The van der Waals surface area contributed by atoms with Crippen molar-refractivity contribution < 1.29 is 80.9 Å². The molecule has 0 bridgehead atoms. The molecular formula is C66H71BrCl2F12N6O8Si2. The fraction of sp³-hybridized carbons (Fsp3) is 0.379. The predicted molar refractivity (Wildman–Crippen MR) is 354 cm³/mol. The lowest BCUT2D eigenvalue weighted by Crippen LogP contribution is -2.43. The minimum absolute atomic E-state index is 0.00958. The molecule has 4 aromatic heterocycles. The molecule has 0 saturated heterocycles. The number of halogens is 15. The van der Waals surface area contributed by atoms with E-state index < -0.39 is 105 Å². The van der Waals surface area contributed by atoms with Gasteiger partial charge in [0.1, 0.15) is 23.9 Å². The largest absolute Gasteiger partial charge is 0.495 e. The van der Waals surface area contributed by atoms with Crippen LogP contribution in [0.4, 0.5) is 52.7 Å². The Morgan fingerprint density at radius 2 is 0.907 bits per heavy atom. The van der Waals surface area contributed by atoms with Crippen molar-refractivity contribution in [3.63, 3.8) is 0 Å². The maximum absolute atomic E-state index is 14.1. The highest BCUT2D eigenvalue weighted by atomic mass is 79.9. The fourth-order valence-electron chi connectivity index (χ4n) is 9.15. The molecule has 4 aromatic carbocycles. The number of carbonyl (C=O) groups is 1. The van der Waals surface area contributed by atoms with Gasteiger partial charge in [0.2, 0.25) is 0 Å². The summed E-state index contributed by atoms with van der Waals surface area (Å²) in [5.74, 6) is 0.984. The van der Waals surface area contributed by atoms with Gasteiger partial charge in [-0.15, -0.1) is 0 Å². The molecule has 0 amide bonds. The van der Waals surface area contributed by atoms with Gasteiger partial charge in [-0.05, 0) is 162 Å². The third-order valence-electron chi connectivity index (χ3n) is 16.6. The highest BCUT2D eigenvalue weighted by Crippen LogP contribution is 2.44. The zero-order valence-electron chi connectivity index (χ0n) is 54.9. The Balaban J connectivity index is 0.000000260. The Morgan fingerprint density at radius 3 is 1.26 bits per heavy atom. The highest BCUT2D eigenvalue weighted by molar-refractivity contribution is 9.10. The summed E-state index contributed by atoms with van der Waals surface area (Å²) in [6, 6.07) is 12.1. The molecule has 97 heavy (non-hydrogen) atoms. The molecule has 14 nitrogen and oxygen atoms in total. The molecule has 0 saturated carbocycles. The molecule has 31 heteroatoms. The number of imidazole rings is 2. The van der Waals surface area contributed by atoms with E-state index in [1.54, 1.807) is 61.7 Å². The molecule has 526 valence electrons. The van der Waals surface area contributed by atoms with E-state index in [9.17, 15) is 72.2 Å². The van der Waals surface area contributed by atoms with Crippen molar-refractivity contribution in [1.29, 1.82) is 0 Å². The zero-order chi connectivity index (χ0) is 73.1. The number of pyridine rings is 2. The number of aliphatic hydroxyl groups is 1. The van der Waals surface area contributed by atoms with Gasteiger partial charge in [0.15, 0.2) is 16.6 Å². The molecule has 8 aromatic rings. The van der Waals surface area contributed by atoms with Crippen LogP contribution < -0.4 is 20.6 Å². The summed E-state index contributed by atoms with van der Waals surface area (Å²) in [6.07, 6.45) is -11.9. The Morgan fingerprint density at radius 1 is 0.536 bits per heavy atom.